The molecule has 3 aromatic rings. The fraction of sp³-hybridized carbons (Fsp3) is 0.286. The van der Waals surface area contributed by atoms with E-state index in [1.54, 1.807) is 48.5 Å². The van der Waals surface area contributed by atoms with E-state index in [1.807, 2.05) is 34.1 Å². The average molecular weight is 487 g/mol. The lowest BCUT2D eigenvalue weighted by Gasteiger charge is -2.36. The van der Waals surface area contributed by atoms with Gasteiger partial charge in [0.2, 0.25) is 0 Å². The molecule has 0 saturated carbocycles. The van der Waals surface area contributed by atoms with Gasteiger partial charge in [-0.05, 0) is 48.5 Å². The molecule has 0 atom stereocenters. The van der Waals surface area contributed by atoms with Crippen molar-refractivity contribution < 1.29 is 19.8 Å². The summed E-state index contributed by atoms with van der Waals surface area (Å²) in [6, 6.07) is 21.4. The van der Waals surface area contributed by atoms with Crippen molar-refractivity contribution >= 4 is 23.2 Å². The smallest absolute Gasteiger partial charge is 0.253 e. The van der Waals surface area contributed by atoms with Crippen molar-refractivity contribution in [3.8, 4) is 11.5 Å². The van der Waals surface area contributed by atoms with Crippen molar-refractivity contribution in [3.05, 3.63) is 83.9 Å². The molecule has 0 radical (unpaired) electrons. The Morgan fingerprint density at radius 3 is 1.17 bits per heavy atom. The van der Waals surface area contributed by atoms with Gasteiger partial charge in [-0.2, -0.15) is 0 Å². The van der Waals surface area contributed by atoms with Gasteiger partial charge in [0.05, 0.1) is 11.4 Å². The molecular formula is C28H30N4O4. The Kier molecular flexibility index (Phi) is 6.66. The van der Waals surface area contributed by atoms with E-state index in [4.69, 9.17) is 0 Å². The van der Waals surface area contributed by atoms with Gasteiger partial charge in [-0.3, -0.25) is 9.59 Å². The van der Waals surface area contributed by atoms with E-state index in [-0.39, 0.29) is 23.3 Å². The van der Waals surface area contributed by atoms with Crippen LogP contribution < -0.4 is 9.80 Å². The molecule has 2 aliphatic heterocycles. The van der Waals surface area contributed by atoms with Crippen molar-refractivity contribution in [1.29, 1.82) is 0 Å². The highest BCUT2D eigenvalue weighted by Crippen LogP contribution is 2.28. The summed E-state index contributed by atoms with van der Waals surface area (Å²) >= 11 is 0. The van der Waals surface area contributed by atoms with Gasteiger partial charge < -0.3 is 29.8 Å². The number of hydrogen-bond acceptors (Lipinski definition) is 6. The number of rotatable bonds is 4. The fourth-order valence-electron chi connectivity index (χ4n) is 4.88. The van der Waals surface area contributed by atoms with E-state index >= 15 is 0 Å². The van der Waals surface area contributed by atoms with Crippen LogP contribution in [0.1, 0.15) is 20.7 Å². The van der Waals surface area contributed by atoms with Crippen LogP contribution in [0.5, 0.6) is 11.5 Å². The first-order valence-corrected chi connectivity index (χ1v) is 12.3. The minimum absolute atomic E-state index is 0.0535. The van der Waals surface area contributed by atoms with Crippen molar-refractivity contribution in [2.45, 2.75) is 0 Å². The zero-order valence-electron chi connectivity index (χ0n) is 20.1. The highest BCUT2D eigenvalue weighted by molar-refractivity contribution is 5.98. The van der Waals surface area contributed by atoms with Crippen LogP contribution in [0.3, 0.4) is 0 Å². The second-order valence-corrected chi connectivity index (χ2v) is 9.11. The van der Waals surface area contributed by atoms with Gasteiger partial charge in [-0.15, -0.1) is 0 Å². The number of benzene rings is 3. The number of para-hydroxylation sites is 4. The molecule has 8 heteroatoms. The Labute approximate surface area is 210 Å². The number of phenols is 2. The third kappa shape index (κ3) is 4.79. The molecule has 2 saturated heterocycles. The summed E-state index contributed by atoms with van der Waals surface area (Å²) in [5.74, 6) is 0.388. The fourth-order valence-corrected chi connectivity index (χ4v) is 4.88. The standard InChI is InChI=1S/C28H30N4O4/c33-25-7-3-1-5-23(25)29-13-17-31(18-14-29)27(35)21-9-11-22(12-10-21)28(36)32-19-15-30(16-20-32)24-6-2-4-8-26(24)34/h1-12,33-34H,13-20H2. The molecule has 8 nitrogen and oxygen atoms in total. The van der Waals surface area contributed by atoms with Crippen LogP contribution in [0, 0.1) is 0 Å². The number of amides is 2. The lowest BCUT2D eigenvalue weighted by Crippen LogP contribution is -2.49. The molecule has 0 unspecified atom stereocenters. The first-order chi connectivity index (χ1) is 17.5. The van der Waals surface area contributed by atoms with Gasteiger partial charge in [0, 0.05) is 63.5 Å². The summed E-state index contributed by atoms with van der Waals surface area (Å²) in [4.78, 5) is 33.8. The van der Waals surface area contributed by atoms with Crippen LogP contribution >= 0.6 is 0 Å². The molecule has 0 aliphatic carbocycles. The van der Waals surface area contributed by atoms with Gasteiger partial charge >= 0.3 is 0 Å². The van der Waals surface area contributed by atoms with Crippen molar-refractivity contribution in [2.24, 2.45) is 0 Å². The number of carbonyl (C=O) groups is 2. The molecular weight excluding hydrogens is 456 g/mol. The van der Waals surface area contributed by atoms with E-state index in [2.05, 4.69) is 9.80 Å². The number of hydrogen-bond donors (Lipinski definition) is 2. The van der Waals surface area contributed by atoms with E-state index < -0.39 is 0 Å². The van der Waals surface area contributed by atoms with E-state index in [0.29, 0.717) is 63.5 Å². The summed E-state index contributed by atoms with van der Waals surface area (Å²) < 4.78 is 0. The Balaban J connectivity index is 1.15. The lowest BCUT2D eigenvalue weighted by molar-refractivity contribution is 0.0734. The van der Waals surface area contributed by atoms with Gasteiger partial charge in [0.25, 0.3) is 11.8 Å². The second-order valence-electron chi connectivity index (χ2n) is 9.11. The molecule has 186 valence electrons. The summed E-state index contributed by atoms with van der Waals surface area (Å²) in [5.41, 5.74) is 2.70. The number of anilines is 2. The number of nitrogens with zero attached hydrogens (tertiary/aromatic N) is 4. The van der Waals surface area contributed by atoms with E-state index in [0.717, 1.165) is 11.4 Å². The molecule has 2 aliphatic rings. The maximum absolute atomic E-state index is 13.0. The topological polar surface area (TPSA) is 87.6 Å². The van der Waals surface area contributed by atoms with Crippen LogP contribution in [-0.4, -0.2) is 84.2 Å². The molecule has 36 heavy (non-hydrogen) atoms. The van der Waals surface area contributed by atoms with Crippen LogP contribution in [0.15, 0.2) is 72.8 Å². The Bertz CT molecular complexity index is 1130. The average Bonchev–Trinajstić information content (AvgIpc) is 2.93. The molecule has 2 N–H and O–H groups in total. The number of aromatic hydroxyl groups is 2. The van der Waals surface area contributed by atoms with Gasteiger partial charge in [-0.1, -0.05) is 24.3 Å². The number of phenolic OH excluding ortho intramolecular Hbond substituents is 2. The zero-order valence-corrected chi connectivity index (χ0v) is 20.1. The molecule has 0 bridgehead atoms. The maximum atomic E-state index is 13.0. The minimum atomic E-state index is -0.0535. The summed E-state index contributed by atoms with van der Waals surface area (Å²) in [6.45, 7) is 4.84. The van der Waals surface area contributed by atoms with Crippen LogP contribution in [0.4, 0.5) is 11.4 Å². The molecule has 0 spiro atoms. The van der Waals surface area contributed by atoms with E-state index in [1.165, 1.54) is 0 Å². The monoisotopic (exact) mass is 486 g/mol. The zero-order chi connectivity index (χ0) is 25.1. The summed E-state index contributed by atoms with van der Waals surface area (Å²) in [7, 11) is 0. The van der Waals surface area contributed by atoms with Crippen LogP contribution in [0.25, 0.3) is 0 Å². The first kappa shape index (κ1) is 23.5. The highest BCUT2D eigenvalue weighted by Gasteiger charge is 2.25. The molecule has 2 heterocycles. The molecule has 5 rings (SSSR count). The Morgan fingerprint density at radius 1 is 0.500 bits per heavy atom. The largest absolute Gasteiger partial charge is 0.506 e. The molecule has 0 aromatic heterocycles. The first-order valence-electron chi connectivity index (χ1n) is 12.3. The minimum Gasteiger partial charge on any atom is -0.506 e. The van der Waals surface area contributed by atoms with Crippen molar-refractivity contribution in [3.63, 3.8) is 0 Å². The SMILES string of the molecule is O=C(c1ccc(C(=O)N2CCN(c3ccccc3O)CC2)cc1)N1CCN(c2ccccc2O)CC1. The Morgan fingerprint density at radius 2 is 0.833 bits per heavy atom. The molecule has 2 fully saturated rings. The highest BCUT2D eigenvalue weighted by atomic mass is 16.3. The lowest BCUT2D eigenvalue weighted by atomic mass is 10.1. The summed E-state index contributed by atoms with van der Waals surface area (Å²) in [5, 5.41) is 20.2. The van der Waals surface area contributed by atoms with Crippen molar-refractivity contribution in [1.82, 2.24) is 9.80 Å². The quantitative estimate of drug-likeness (QED) is 0.590. The van der Waals surface area contributed by atoms with Crippen molar-refractivity contribution in [2.75, 3.05) is 62.2 Å². The maximum Gasteiger partial charge on any atom is 0.253 e. The van der Waals surface area contributed by atoms with Crippen LogP contribution in [0.2, 0.25) is 0 Å². The van der Waals surface area contributed by atoms with Gasteiger partial charge in [-0.25, -0.2) is 0 Å². The normalized spacial score (nSPS) is 16.2. The molecule has 2 amide bonds. The van der Waals surface area contributed by atoms with Gasteiger partial charge in [0.1, 0.15) is 11.5 Å². The molecule has 3 aromatic carbocycles. The third-order valence-corrected chi connectivity index (χ3v) is 6.96. The third-order valence-electron chi connectivity index (χ3n) is 6.96. The van der Waals surface area contributed by atoms with Gasteiger partial charge in [0.15, 0.2) is 0 Å². The van der Waals surface area contributed by atoms with E-state index in [9.17, 15) is 19.8 Å². The van der Waals surface area contributed by atoms with Crippen LogP contribution in [-0.2, 0) is 0 Å². The number of carbonyl (C=O) groups excluding carboxylic acids is 2. The second kappa shape index (κ2) is 10.2. The summed E-state index contributed by atoms with van der Waals surface area (Å²) in [6.07, 6.45) is 0. The predicted molar refractivity (Wildman–Crippen MR) is 139 cm³/mol. The Hall–Kier alpha value is -4.20. The predicted octanol–water partition coefficient (Wildman–Crippen LogP) is 3.02. The number of piperazine rings is 2.